The summed E-state index contributed by atoms with van der Waals surface area (Å²) < 4.78 is 5.30. The van der Waals surface area contributed by atoms with Gasteiger partial charge in [0, 0.05) is 34.0 Å². The van der Waals surface area contributed by atoms with E-state index in [1.54, 1.807) is 87.5 Å². The molecule has 0 aliphatic rings. The molecule has 0 fully saturated rings. The molecule has 0 aliphatic carbocycles. The van der Waals surface area contributed by atoms with Gasteiger partial charge in [-0.2, -0.15) is 0 Å². The van der Waals surface area contributed by atoms with Crippen LogP contribution in [0.3, 0.4) is 0 Å². The van der Waals surface area contributed by atoms with Crippen LogP contribution in [0.4, 0.5) is 33.4 Å². The maximum Gasteiger partial charge on any atom is 0.412 e. The van der Waals surface area contributed by atoms with Crippen molar-refractivity contribution >= 4 is 63.5 Å². The molecule has 10 heteroatoms. The van der Waals surface area contributed by atoms with E-state index >= 15 is 0 Å². The van der Waals surface area contributed by atoms with Crippen LogP contribution in [0.5, 0.6) is 0 Å². The van der Waals surface area contributed by atoms with E-state index in [0.29, 0.717) is 39.5 Å². The van der Waals surface area contributed by atoms with Gasteiger partial charge < -0.3 is 20.7 Å². The van der Waals surface area contributed by atoms with E-state index in [0.717, 1.165) is 16.6 Å². The molecule has 5 aromatic rings. The smallest absolute Gasteiger partial charge is 0.412 e. The highest BCUT2D eigenvalue weighted by Gasteiger charge is 2.17. The highest BCUT2D eigenvalue weighted by atomic mass is 16.6. The van der Waals surface area contributed by atoms with Gasteiger partial charge >= 0.3 is 6.09 Å². The number of carbonyl (C=O) groups excluding carboxylic acids is 3. The Bertz CT molecular complexity index is 2040. The first-order valence-corrected chi connectivity index (χ1v) is 14.6. The number of aromatic nitrogens is 2. The fourth-order valence-electron chi connectivity index (χ4n) is 4.51. The minimum absolute atomic E-state index is 0.329. The number of nitrogens with zero attached hydrogens (tertiary/aromatic N) is 2. The summed E-state index contributed by atoms with van der Waals surface area (Å²) >= 11 is 0. The van der Waals surface area contributed by atoms with E-state index in [-0.39, 0.29) is 5.91 Å². The van der Waals surface area contributed by atoms with Gasteiger partial charge in [-0.3, -0.25) is 14.9 Å². The molecule has 234 valence electrons. The lowest BCUT2D eigenvalue weighted by Gasteiger charge is -2.20. The third kappa shape index (κ3) is 8.80. The van der Waals surface area contributed by atoms with Gasteiger partial charge in [0.15, 0.2) is 0 Å². The largest absolute Gasteiger partial charge is 0.444 e. The van der Waals surface area contributed by atoms with Crippen molar-refractivity contribution in [3.63, 3.8) is 0 Å². The first-order valence-electron chi connectivity index (χ1n) is 14.6. The van der Waals surface area contributed by atoms with Gasteiger partial charge in [-0.1, -0.05) is 36.3 Å². The van der Waals surface area contributed by atoms with Crippen LogP contribution in [-0.2, 0) is 9.53 Å². The number of amides is 3. The molecule has 0 aliphatic heterocycles. The Kier molecular flexibility index (Phi) is 9.58. The molecular formula is C37H32N6O4. The Morgan fingerprint density at radius 2 is 1.57 bits per heavy atom. The Morgan fingerprint density at radius 1 is 0.809 bits per heavy atom. The zero-order chi connectivity index (χ0) is 33.4. The summed E-state index contributed by atoms with van der Waals surface area (Å²) in [6.07, 6.45) is 9.28. The predicted molar refractivity (Wildman–Crippen MR) is 186 cm³/mol. The lowest BCUT2D eigenvalue weighted by Crippen LogP contribution is -2.27. The van der Waals surface area contributed by atoms with Crippen LogP contribution in [-0.4, -0.2) is 33.5 Å². The normalized spacial score (nSPS) is 11.0. The quantitative estimate of drug-likeness (QED) is 0.103. The Hall–Kier alpha value is -6.47. The highest BCUT2D eigenvalue weighted by Crippen LogP contribution is 2.26. The van der Waals surface area contributed by atoms with Gasteiger partial charge in [0.05, 0.1) is 16.9 Å². The predicted octanol–water partition coefficient (Wildman–Crippen LogP) is 7.61. The number of carbonyl (C=O) groups is 3. The van der Waals surface area contributed by atoms with Crippen molar-refractivity contribution in [2.45, 2.75) is 26.4 Å². The van der Waals surface area contributed by atoms with Crippen molar-refractivity contribution in [2.24, 2.45) is 0 Å². The third-order valence-electron chi connectivity index (χ3n) is 6.58. The van der Waals surface area contributed by atoms with Crippen LogP contribution < -0.4 is 21.3 Å². The molecule has 10 nitrogen and oxygen atoms in total. The molecule has 3 amide bonds. The van der Waals surface area contributed by atoms with Crippen LogP contribution >= 0.6 is 0 Å². The summed E-state index contributed by atoms with van der Waals surface area (Å²) in [5.74, 6) is 2.47. The van der Waals surface area contributed by atoms with Crippen molar-refractivity contribution in [1.82, 2.24) is 9.97 Å². The van der Waals surface area contributed by atoms with Crippen molar-refractivity contribution in [2.75, 3.05) is 21.3 Å². The zero-order valence-electron chi connectivity index (χ0n) is 26.0. The maximum atomic E-state index is 13.1. The van der Waals surface area contributed by atoms with Crippen LogP contribution in [0.1, 0.15) is 42.3 Å². The summed E-state index contributed by atoms with van der Waals surface area (Å²) in [7, 11) is 0. The number of hydrogen-bond acceptors (Lipinski definition) is 7. The number of benzene rings is 4. The molecular weight excluding hydrogens is 592 g/mol. The molecule has 5 rings (SSSR count). The van der Waals surface area contributed by atoms with Gasteiger partial charge in [0.25, 0.3) is 5.91 Å². The fourth-order valence-corrected chi connectivity index (χ4v) is 4.51. The standard InChI is InChI=1S/C37H32N6O4/c1-5-24-10-9-13-27(21-24)40-34-29-18-17-28(22-32(29)38-23-39-34)41-35(45)26-12-8-11-25(20-26)16-19-33(44)42-30-14-6-7-15-31(30)43-36(46)47-37(2,3)4/h1,6-23H,2-4H3,(H,41,45)(H,42,44)(H,43,46)(H,38,39,40). The average molecular weight is 625 g/mol. The summed E-state index contributed by atoms with van der Waals surface area (Å²) in [5.41, 5.74) is 3.91. The number of para-hydroxylation sites is 2. The summed E-state index contributed by atoms with van der Waals surface area (Å²) in [6, 6.07) is 26.5. The minimum Gasteiger partial charge on any atom is -0.444 e. The fraction of sp³-hybridized carbons (Fsp3) is 0.108. The Labute approximate surface area is 272 Å². The molecule has 0 atom stereocenters. The molecule has 0 unspecified atom stereocenters. The second-order valence-corrected chi connectivity index (χ2v) is 11.4. The van der Waals surface area contributed by atoms with Crippen molar-refractivity contribution in [3.8, 4) is 12.3 Å². The summed E-state index contributed by atoms with van der Waals surface area (Å²) in [6.45, 7) is 5.29. The van der Waals surface area contributed by atoms with Crippen LogP contribution in [0.2, 0.25) is 0 Å². The monoisotopic (exact) mass is 624 g/mol. The van der Waals surface area contributed by atoms with Crippen molar-refractivity contribution in [3.05, 3.63) is 120 Å². The number of anilines is 5. The first kappa shape index (κ1) is 31.9. The van der Waals surface area contributed by atoms with Gasteiger partial charge in [-0.15, -0.1) is 6.42 Å². The molecule has 0 radical (unpaired) electrons. The molecule has 0 saturated heterocycles. The van der Waals surface area contributed by atoms with Gasteiger partial charge in [-0.05, 0) is 93.1 Å². The van der Waals surface area contributed by atoms with Gasteiger partial charge in [0.2, 0.25) is 5.91 Å². The molecule has 4 aromatic carbocycles. The lowest BCUT2D eigenvalue weighted by atomic mass is 10.1. The number of nitrogens with one attached hydrogen (secondary N) is 4. The lowest BCUT2D eigenvalue weighted by molar-refractivity contribution is -0.111. The molecule has 4 N–H and O–H groups in total. The van der Waals surface area contributed by atoms with E-state index in [1.165, 1.54) is 12.4 Å². The van der Waals surface area contributed by atoms with E-state index in [9.17, 15) is 14.4 Å². The van der Waals surface area contributed by atoms with Crippen LogP contribution in [0.15, 0.2) is 103 Å². The molecule has 1 aromatic heterocycles. The van der Waals surface area contributed by atoms with E-state index in [2.05, 4.69) is 37.2 Å². The topological polar surface area (TPSA) is 134 Å². The van der Waals surface area contributed by atoms with Gasteiger partial charge in [0.1, 0.15) is 17.7 Å². The number of terminal acetylenes is 1. The maximum absolute atomic E-state index is 13.1. The summed E-state index contributed by atoms with van der Waals surface area (Å²) in [5, 5.41) is 12.4. The second-order valence-electron chi connectivity index (χ2n) is 11.4. The van der Waals surface area contributed by atoms with E-state index in [1.807, 2.05) is 30.3 Å². The molecule has 47 heavy (non-hydrogen) atoms. The molecule has 0 saturated carbocycles. The zero-order valence-corrected chi connectivity index (χ0v) is 26.0. The first-order chi connectivity index (χ1) is 22.6. The van der Waals surface area contributed by atoms with Gasteiger partial charge in [-0.25, -0.2) is 14.8 Å². The second kappa shape index (κ2) is 14.1. The minimum atomic E-state index is -0.667. The van der Waals surface area contributed by atoms with Crippen LogP contribution in [0, 0.1) is 12.3 Å². The Morgan fingerprint density at radius 3 is 2.34 bits per heavy atom. The molecule has 1 heterocycles. The number of ether oxygens (including phenoxy) is 1. The van der Waals surface area contributed by atoms with E-state index in [4.69, 9.17) is 11.2 Å². The van der Waals surface area contributed by atoms with Crippen LogP contribution in [0.25, 0.3) is 17.0 Å². The molecule has 0 spiro atoms. The highest BCUT2D eigenvalue weighted by molar-refractivity contribution is 6.07. The van der Waals surface area contributed by atoms with E-state index < -0.39 is 17.6 Å². The number of rotatable bonds is 8. The Balaban J connectivity index is 1.23. The molecule has 0 bridgehead atoms. The average Bonchev–Trinajstić information content (AvgIpc) is 3.04. The van der Waals surface area contributed by atoms with Crippen molar-refractivity contribution in [1.29, 1.82) is 0 Å². The summed E-state index contributed by atoms with van der Waals surface area (Å²) in [4.78, 5) is 46.8. The number of fused-ring (bicyclic) bond motifs is 1. The van der Waals surface area contributed by atoms with Crippen molar-refractivity contribution < 1.29 is 19.1 Å². The third-order valence-corrected chi connectivity index (χ3v) is 6.58. The SMILES string of the molecule is C#Cc1cccc(Nc2ncnc3cc(NC(=O)c4cccc(C=CC(=O)Nc5ccccc5NC(=O)OC(C)(C)C)c4)ccc23)c1. The number of hydrogen-bond donors (Lipinski definition) is 4.